The minimum atomic E-state index is -4.49. The molecule has 3 nitrogen and oxygen atoms in total. The molecule has 1 fully saturated rings. The van der Waals surface area contributed by atoms with Crippen LogP contribution in [0.5, 0.6) is 5.75 Å². The Kier molecular flexibility index (Phi) is 9.68. The van der Waals surface area contributed by atoms with E-state index in [0.29, 0.717) is 5.56 Å². The number of nitrogens with one attached hydrogen (secondary N) is 1. The number of para-hydroxylation sites is 1. The number of nitrogens with zero attached hydrogens (tertiary/aromatic N) is 1. The van der Waals surface area contributed by atoms with Gasteiger partial charge in [0.1, 0.15) is 5.75 Å². The van der Waals surface area contributed by atoms with Crippen LogP contribution >= 0.6 is 12.4 Å². The molecule has 1 aromatic carbocycles. The first-order valence-corrected chi connectivity index (χ1v) is 8.84. The first kappa shape index (κ1) is 23.0. The van der Waals surface area contributed by atoms with E-state index in [-0.39, 0.29) is 24.2 Å². The quantitative estimate of drug-likeness (QED) is 0.474. The zero-order chi connectivity index (χ0) is 18.3. The Morgan fingerprint density at radius 1 is 1.15 bits per heavy atom. The Balaban J connectivity index is 0.00000338. The van der Waals surface area contributed by atoms with Gasteiger partial charge in [-0.3, -0.25) is 4.90 Å². The summed E-state index contributed by atoms with van der Waals surface area (Å²) < 4.78 is 56.4. The molecule has 1 aromatic rings. The SMILES string of the molecule is CCCCC[C@@H](c1ccccc1OC(F)(F)C(F)F)N1CCNCC1.Cl. The van der Waals surface area contributed by atoms with Crippen LogP contribution in [-0.4, -0.2) is 43.6 Å². The lowest BCUT2D eigenvalue weighted by Crippen LogP contribution is -2.45. The number of rotatable bonds is 9. The van der Waals surface area contributed by atoms with Gasteiger partial charge in [0.05, 0.1) is 0 Å². The lowest BCUT2D eigenvalue weighted by Gasteiger charge is -2.36. The summed E-state index contributed by atoms with van der Waals surface area (Å²) >= 11 is 0. The van der Waals surface area contributed by atoms with E-state index in [9.17, 15) is 17.6 Å². The van der Waals surface area contributed by atoms with Gasteiger partial charge in [-0.15, -0.1) is 12.4 Å². The Hall–Kier alpha value is -1.05. The van der Waals surface area contributed by atoms with Crippen LogP contribution in [-0.2, 0) is 0 Å². The van der Waals surface area contributed by atoms with Crippen molar-refractivity contribution in [2.75, 3.05) is 26.2 Å². The number of halogens is 5. The smallest absolute Gasteiger partial charge is 0.428 e. The third-order valence-corrected chi connectivity index (χ3v) is 4.45. The van der Waals surface area contributed by atoms with Gasteiger partial charge in [-0.1, -0.05) is 44.4 Å². The molecule has 0 unspecified atom stereocenters. The highest BCUT2D eigenvalue weighted by molar-refractivity contribution is 5.85. The minimum absolute atomic E-state index is 0. The molecule has 1 N–H and O–H groups in total. The van der Waals surface area contributed by atoms with Crippen LogP contribution in [0.15, 0.2) is 24.3 Å². The van der Waals surface area contributed by atoms with Gasteiger partial charge in [0.25, 0.3) is 0 Å². The number of hydrogen-bond donors (Lipinski definition) is 1. The topological polar surface area (TPSA) is 24.5 Å². The monoisotopic (exact) mass is 398 g/mol. The summed E-state index contributed by atoms with van der Waals surface area (Å²) in [4.78, 5) is 2.22. The van der Waals surface area contributed by atoms with Crippen molar-refractivity contribution in [1.82, 2.24) is 10.2 Å². The highest BCUT2D eigenvalue weighted by Crippen LogP contribution is 2.37. The maximum atomic E-state index is 13.4. The van der Waals surface area contributed by atoms with Crippen LogP contribution in [0.3, 0.4) is 0 Å². The fourth-order valence-electron chi connectivity index (χ4n) is 3.16. The third-order valence-electron chi connectivity index (χ3n) is 4.45. The molecule has 0 amide bonds. The first-order chi connectivity index (χ1) is 12.0. The molecule has 1 atom stereocenters. The third kappa shape index (κ3) is 6.28. The van der Waals surface area contributed by atoms with E-state index in [0.717, 1.165) is 51.9 Å². The number of piperazine rings is 1. The molecule has 150 valence electrons. The van der Waals surface area contributed by atoms with E-state index in [1.165, 1.54) is 12.1 Å². The van der Waals surface area contributed by atoms with Crippen molar-refractivity contribution in [3.05, 3.63) is 29.8 Å². The number of benzene rings is 1. The number of ether oxygens (including phenoxy) is 1. The van der Waals surface area contributed by atoms with Crippen molar-refractivity contribution in [2.24, 2.45) is 0 Å². The van der Waals surface area contributed by atoms with Crippen LogP contribution in [0.25, 0.3) is 0 Å². The molecule has 1 aliphatic rings. The fraction of sp³-hybridized carbons (Fsp3) is 0.667. The molecule has 0 aliphatic carbocycles. The Morgan fingerprint density at radius 2 is 1.81 bits per heavy atom. The highest BCUT2D eigenvalue weighted by Gasteiger charge is 2.44. The number of alkyl halides is 4. The summed E-state index contributed by atoms with van der Waals surface area (Å²) in [6.45, 7) is 5.31. The van der Waals surface area contributed by atoms with Crippen molar-refractivity contribution in [2.45, 2.75) is 51.2 Å². The first-order valence-electron chi connectivity index (χ1n) is 8.84. The van der Waals surface area contributed by atoms with Gasteiger partial charge in [0, 0.05) is 37.8 Å². The summed E-state index contributed by atoms with van der Waals surface area (Å²) in [7, 11) is 0. The molecule has 1 heterocycles. The molecule has 1 aliphatic heterocycles. The summed E-state index contributed by atoms with van der Waals surface area (Å²) in [6.07, 6.45) is -4.53. The van der Waals surface area contributed by atoms with E-state index in [1.54, 1.807) is 12.1 Å². The second kappa shape index (κ2) is 10.9. The Bertz CT molecular complexity index is 528. The number of hydrogen-bond acceptors (Lipinski definition) is 3. The predicted molar refractivity (Wildman–Crippen MR) is 96.6 cm³/mol. The van der Waals surface area contributed by atoms with Gasteiger partial charge >= 0.3 is 12.5 Å². The lowest BCUT2D eigenvalue weighted by atomic mass is 9.97. The zero-order valence-electron chi connectivity index (χ0n) is 14.9. The number of unbranched alkanes of at least 4 members (excludes halogenated alkanes) is 2. The fourth-order valence-corrected chi connectivity index (χ4v) is 3.16. The average Bonchev–Trinajstić information content (AvgIpc) is 2.60. The van der Waals surface area contributed by atoms with Crippen LogP contribution in [0.4, 0.5) is 17.6 Å². The van der Waals surface area contributed by atoms with Gasteiger partial charge in [-0.2, -0.15) is 17.6 Å². The molecule has 2 rings (SSSR count). The van der Waals surface area contributed by atoms with Gasteiger partial charge < -0.3 is 10.1 Å². The second-order valence-electron chi connectivity index (χ2n) is 6.30. The average molecular weight is 399 g/mol. The van der Waals surface area contributed by atoms with Gasteiger partial charge in [-0.05, 0) is 12.5 Å². The molecule has 8 heteroatoms. The summed E-state index contributed by atoms with van der Waals surface area (Å²) in [5.74, 6) is -0.159. The largest absolute Gasteiger partial charge is 0.461 e. The Morgan fingerprint density at radius 3 is 2.42 bits per heavy atom. The van der Waals surface area contributed by atoms with Gasteiger partial charge in [0.2, 0.25) is 0 Å². The van der Waals surface area contributed by atoms with Crippen LogP contribution in [0.2, 0.25) is 0 Å². The molecule has 0 aromatic heterocycles. The van der Waals surface area contributed by atoms with Crippen molar-refractivity contribution in [3.63, 3.8) is 0 Å². The molecule has 0 spiro atoms. The standard InChI is InChI=1S/C18H26F4N2O.ClH/c1-2-3-4-8-15(24-12-10-23-11-13-24)14-7-5-6-9-16(14)25-18(21,22)17(19)20;/h5-7,9,15,17,23H,2-4,8,10-13H2,1H3;1H/t15-;/m0./s1. The minimum Gasteiger partial charge on any atom is -0.428 e. The molecule has 0 bridgehead atoms. The maximum Gasteiger partial charge on any atom is 0.461 e. The lowest BCUT2D eigenvalue weighted by molar-refractivity contribution is -0.253. The summed E-state index contributed by atoms with van der Waals surface area (Å²) in [6, 6.07) is 6.20. The van der Waals surface area contributed by atoms with E-state index in [4.69, 9.17) is 0 Å². The predicted octanol–water partition coefficient (Wildman–Crippen LogP) is 4.87. The van der Waals surface area contributed by atoms with Crippen LogP contribution in [0.1, 0.15) is 44.2 Å². The van der Waals surface area contributed by atoms with Crippen molar-refractivity contribution in [3.8, 4) is 5.75 Å². The van der Waals surface area contributed by atoms with Gasteiger partial charge in [0.15, 0.2) is 0 Å². The highest BCUT2D eigenvalue weighted by atomic mass is 35.5. The molecule has 26 heavy (non-hydrogen) atoms. The van der Waals surface area contributed by atoms with Gasteiger partial charge in [-0.25, -0.2) is 0 Å². The molecular weight excluding hydrogens is 372 g/mol. The van der Waals surface area contributed by atoms with E-state index >= 15 is 0 Å². The maximum absolute atomic E-state index is 13.4. The van der Waals surface area contributed by atoms with E-state index in [1.807, 2.05) is 0 Å². The van der Waals surface area contributed by atoms with Crippen molar-refractivity contribution < 1.29 is 22.3 Å². The second-order valence-corrected chi connectivity index (χ2v) is 6.30. The van der Waals surface area contributed by atoms with Crippen LogP contribution < -0.4 is 10.1 Å². The van der Waals surface area contributed by atoms with E-state index in [2.05, 4.69) is 21.9 Å². The zero-order valence-corrected chi connectivity index (χ0v) is 15.7. The Labute approximate surface area is 158 Å². The van der Waals surface area contributed by atoms with Crippen molar-refractivity contribution in [1.29, 1.82) is 0 Å². The van der Waals surface area contributed by atoms with E-state index < -0.39 is 12.5 Å². The summed E-state index contributed by atoms with van der Waals surface area (Å²) in [5.41, 5.74) is 0.556. The molecular formula is C18H27ClF4N2O. The summed E-state index contributed by atoms with van der Waals surface area (Å²) in [5, 5.41) is 3.26. The molecule has 0 saturated carbocycles. The molecule has 1 saturated heterocycles. The van der Waals surface area contributed by atoms with Crippen molar-refractivity contribution >= 4 is 12.4 Å². The molecule has 0 radical (unpaired) electrons. The normalized spacial score (nSPS) is 17.0. The van der Waals surface area contributed by atoms with Crippen LogP contribution in [0, 0.1) is 0 Å².